The summed E-state index contributed by atoms with van der Waals surface area (Å²) in [5.41, 5.74) is 2.43. The van der Waals surface area contributed by atoms with E-state index in [1.165, 1.54) is 11.1 Å². The fourth-order valence-corrected chi connectivity index (χ4v) is 3.50. The van der Waals surface area contributed by atoms with E-state index in [-0.39, 0.29) is 0 Å². The molecule has 0 aliphatic carbocycles. The topological polar surface area (TPSA) is 32.8 Å². The van der Waals surface area contributed by atoms with Gasteiger partial charge in [0, 0.05) is 32.1 Å². The zero-order valence-corrected chi connectivity index (χ0v) is 16.5. The molecule has 1 fully saturated rings. The molecule has 0 aromatic heterocycles. The summed E-state index contributed by atoms with van der Waals surface area (Å²) >= 11 is 0. The molecule has 1 aromatic rings. The summed E-state index contributed by atoms with van der Waals surface area (Å²) in [5, 5.41) is 0. The number of nitrogens with zero attached hydrogens (tertiary/aromatic N) is 2. The maximum atomic E-state index is 12.0. The average molecular weight is 347 g/mol. The molecule has 0 N–H and O–H groups in total. The van der Waals surface area contributed by atoms with Crippen LogP contribution in [0.25, 0.3) is 0 Å². The molecule has 2 rings (SSSR count). The maximum absolute atomic E-state index is 12.0. The van der Waals surface area contributed by atoms with Crippen LogP contribution in [0.4, 0.5) is 0 Å². The van der Waals surface area contributed by atoms with E-state index >= 15 is 0 Å². The van der Waals surface area contributed by atoms with Crippen LogP contribution in [0.1, 0.15) is 44.2 Å². The Kier molecular flexibility index (Phi) is 7.30. The van der Waals surface area contributed by atoms with Crippen molar-refractivity contribution in [2.24, 2.45) is 5.92 Å². The molecule has 1 aliphatic rings. The number of benzene rings is 1. The lowest BCUT2D eigenvalue weighted by Gasteiger charge is -2.37. The van der Waals surface area contributed by atoms with E-state index in [0.29, 0.717) is 24.3 Å². The number of carbonyl (C=O) groups excluding carboxylic acids is 1. The second-order valence-electron chi connectivity index (χ2n) is 7.78. The number of rotatable bonds is 8. The van der Waals surface area contributed by atoms with Crippen molar-refractivity contribution in [2.45, 2.75) is 53.0 Å². The number of likely N-dealkylation sites (tertiary alicyclic amines) is 1. The molecule has 4 nitrogen and oxygen atoms in total. The summed E-state index contributed by atoms with van der Waals surface area (Å²) in [6.07, 6.45) is 2.74. The zero-order valence-electron chi connectivity index (χ0n) is 16.5. The highest BCUT2D eigenvalue weighted by molar-refractivity contribution is 5.77. The molecule has 25 heavy (non-hydrogen) atoms. The minimum Gasteiger partial charge on any atom is -0.493 e. The highest BCUT2D eigenvalue weighted by Gasteiger charge is 2.27. The highest BCUT2D eigenvalue weighted by atomic mass is 16.5. The Hall–Kier alpha value is -1.55. The number of aryl methyl sites for hydroxylation is 2. The van der Waals surface area contributed by atoms with Gasteiger partial charge in [-0.25, -0.2) is 0 Å². The molecule has 0 saturated carbocycles. The van der Waals surface area contributed by atoms with Gasteiger partial charge in [-0.15, -0.1) is 0 Å². The zero-order chi connectivity index (χ0) is 18.4. The largest absolute Gasteiger partial charge is 0.493 e. The minimum atomic E-state index is 0.312. The highest BCUT2D eigenvalue weighted by Crippen LogP contribution is 2.21. The molecule has 1 heterocycles. The van der Waals surface area contributed by atoms with E-state index in [9.17, 15) is 4.79 Å². The number of ether oxygens (including phenoxy) is 1. The van der Waals surface area contributed by atoms with E-state index in [0.717, 1.165) is 44.8 Å². The van der Waals surface area contributed by atoms with Gasteiger partial charge in [0.25, 0.3) is 0 Å². The van der Waals surface area contributed by atoms with Crippen LogP contribution in [0.2, 0.25) is 0 Å². The Bertz CT molecular complexity index is 571. The van der Waals surface area contributed by atoms with E-state index in [1.54, 1.807) is 0 Å². The van der Waals surface area contributed by atoms with Gasteiger partial charge >= 0.3 is 0 Å². The fraction of sp³-hybridized carbons (Fsp3) is 0.667. The number of hydrogen-bond acceptors (Lipinski definition) is 3. The van der Waals surface area contributed by atoms with Gasteiger partial charge in [-0.1, -0.05) is 12.1 Å². The summed E-state index contributed by atoms with van der Waals surface area (Å²) in [6.45, 7) is 12.1. The lowest BCUT2D eigenvalue weighted by molar-refractivity contribution is -0.136. The van der Waals surface area contributed by atoms with E-state index in [1.807, 2.05) is 4.90 Å². The van der Waals surface area contributed by atoms with Crippen LogP contribution < -0.4 is 4.74 Å². The van der Waals surface area contributed by atoms with Gasteiger partial charge in [0.05, 0.1) is 6.61 Å². The average Bonchev–Trinajstić information content (AvgIpc) is 2.56. The smallest absolute Gasteiger partial charge is 0.222 e. The maximum Gasteiger partial charge on any atom is 0.222 e. The number of carbonyl (C=O) groups is 1. The van der Waals surface area contributed by atoms with Crippen LogP contribution in [0.5, 0.6) is 5.75 Å². The van der Waals surface area contributed by atoms with Crippen molar-refractivity contribution in [3.63, 3.8) is 0 Å². The van der Waals surface area contributed by atoms with Crippen molar-refractivity contribution in [3.05, 3.63) is 29.3 Å². The lowest BCUT2D eigenvalue weighted by Crippen LogP contribution is -2.46. The van der Waals surface area contributed by atoms with E-state index < -0.39 is 0 Å². The third-order valence-corrected chi connectivity index (χ3v) is 5.02. The van der Waals surface area contributed by atoms with Crippen molar-refractivity contribution >= 4 is 5.91 Å². The van der Waals surface area contributed by atoms with Crippen molar-refractivity contribution in [1.29, 1.82) is 0 Å². The SMILES string of the molecule is Cc1ccc(C)c(OCCCN(C)CC2CCC(=O)N(C(C)C)C2)c1. The summed E-state index contributed by atoms with van der Waals surface area (Å²) < 4.78 is 5.94. The van der Waals surface area contributed by atoms with E-state index in [4.69, 9.17) is 4.74 Å². The van der Waals surface area contributed by atoms with Crippen LogP contribution in [0, 0.1) is 19.8 Å². The van der Waals surface area contributed by atoms with Gasteiger partial charge in [0.1, 0.15) is 5.75 Å². The molecule has 1 unspecified atom stereocenters. The van der Waals surface area contributed by atoms with E-state index in [2.05, 4.69) is 57.8 Å². The second kappa shape index (κ2) is 9.23. The van der Waals surface area contributed by atoms with Gasteiger partial charge in [0.2, 0.25) is 5.91 Å². The van der Waals surface area contributed by atoms with Crippen LogP contribution in [0.3, 0.4) is 0 Å². The summed E-state index contributed by atoms with van der Waals surface area (Å²) in [6, 6.07) is 6.65. The van der Waals surface area contributed by atoms with Gasteiger partial charge in [-0.2, -0.15) is 0 Å². The number of hydrogen-bond donors (Lipinski definition) is 0. The fourth-order valence-electron chi connectivity index (χ4n) is 3.50. The molecule has 1 aliphatic heterocycles. The molecule has 0 bridgehead atoms. The molecule has 1 atom stereocenters. The Morgan fingerprint density at radius 2 is 2.08 bits per heavy atom. The Labute approximate surface area is 153 Å². The molecular weight excluding hydrogens is 312 g/mol. The Balaban J connectivity index is 1.69. The van der Waals surface area contributed by atoms with Crippen molar-refractivity contribution in [2.75, 3.05) is 33.3 Å². The lowest BCUT2D eigenvalue weighted by atomic mass is 9.96. The quantitative estimate of drug-likeness (QED) is 0.674. The summed E-state index contributed by atoms with van der Waals surface area (Å²) in [5.74, 6) is 1.90. The first kappa shape index (κ1) is 19.8. The van der Waals surface area contributed by atoms with Gasteiger partial charge < -0.3 is 14.5 Å². The molecule has 1 aromatic carbocycles. The molecule has 4 heteroatoms. The second-order valence-corrected chi connectivity index (χ2v) is 7.78. The first-order valence-corrected chi connectivity index (χ1v) is 9.55. The van der Waals surface area contributed by atoms with Crippen LogP contribution in [0.15, 0.2) is 18.2 Å². The van der Waals surface area contributed by atoms with Gasteiger partial charge in [-0.05, 0) is 70.7 Å². The number of amides is 1. The first-order valence-electron chi connectivity index (χ1n) is 9.55. The minimum absolute atomic E-state index is 0.312. The summed E-state index contributed by atoms with van der Waals surface area (Å²) in [7, 11) is 2.17. The molecule has 0 spiro atoms. The predicted molar refractivity (Wildman–Crippen MR) is 103 cm³/mol. The van der Waals surface area contributed by atoms with Gasteiger partial charge in [-0.3, -0.25) is 4.79 Å². The third kappa shape index (κ3) is 6.03. The Morgan fingerprint density at radius 3 is 2.80 bits per heavy atom. The number of piperidine rings is 1. The summed E-state index contributed by atoms with van der Waals surface area (Å²) in [4.78, 5) is 16.4. The third-order valence-electron chi connectivity index (χ3n) is 5.02. The van der Waals surface area contributed by atoms with Gasteiger partial charge in [0.15, 0.2) is 0 Å². The van der Waals surface area contributed by atoms with Crippen molar-refractivity contribution in [1.82, 2.24) is 9.80 Å². The van der Waals surface area contributed by atoms with Crippen LogP contribution >= 0.6 is 0 Å². The van der Waals surface area contributed by atoms with Crippen LogP contribution in [-0.2, 0) is 4.79 Å². The molecule has 1 saturated heterocycles. The molecule has 0 radical (unpaired) electrons. The predicted octanol–water partition coefficient (Wildman–Crippen LogP) is 3.65. The monoisotopic (exact) mass is 346 g/mol. The van der Waals surface area contributed by atoms with Crippen molar-refractivity contribution in [3.8, 4) is 5.75 Å². The molecule has 140 valence electrons. The normalized spacial score (nSPS) is 18.3. The molecular formula is C21H34N2O2. The standard InChI is InChI=1S/C21H34N2O2/c1-16(2)23-15-19(9-10-21(23)24)14-22(5)11-6-12-25-20-13-17(3)7-8-18(20)4/h7-8,13,16,19H,6,9-12,14-15H2,1-5H3. The first-order chi connectivity index (χ1) is 11.9. The van der Waals surface area contributed by atoms with Crippen LogP contribution in [-0.4, -0.2) is 55.0 Å². The Morgan fingerprint density at radius 1 is 1.32 bits per heavy atom. The molecule has 1 amide bonds. The van der Waals surface area contributed by atoms with Crippen molar-refractivity contribution < 1.29 is 9.53 Å².